The molecule has 55 heavy (non-hydrogen) atoms. The van der Waals surface area contributed by atoms with Crippen LogP contribution in [0.5, 0.6) is 5.75 Å². The fourth-order valence-electron chi connectivity index (χ4n) is 9.16. The van der Waals surface area contributed by atoms with Crippen LogP contribution in [0.25, 0.3) is 0 Å². The molecule has 2 aliphatic heterocycles. The number of halogens is 8. The number of benzene rings is 4. The molecule has 1 N–H and O–H groups in total. The molecule has 4 aromatic rings. The smallest absolute Gasteiger partial charge is 0.416 e. The highest BCUT2D eigenvalue weighted by atomic mass is 35.5. The van der Waals surface area contributed by atoms with Crippen molar-refractivity contribution in [3.8, 4) is 5.75 Å². The lowest BCUT2D eigenvalue weighted by molar-refractivity contribution is -0.143. The lowest BCUT2D eigenvalue weighted by Gasteiger charge is -2.51. The number of hydrogen-bond donors (Lipinski definition) is 1. The van der Waals surface area contributed by atoms with Crippen LogP contribution in [0, 0.1) is 23.7 Å². The number of fused-ring (bicyclic) bond motifs is 4. The molecule has 282 valence electrons. The first-order valence-corrected chi connectivity index (χ1v) is 17.7. The van der Waals surface area contributed by atoms with Crippen LogP contribution in [-0.4, -0.2) is 28.7 Å². The Kier molecular flexibility index (Phi) is 8.50. The van der Waals surface area contributed by atoms with Gasteiger partial charge in [0.05, 0.1) is 45.7 Å². The number of hydrogen-bond acceptors (Lipinski definition) is 5. The minimum absolute atomic E-state index is 0.0169. The SMILES string of the molecule is O=C1[C@H]2[C@H](CC=C3[C@H]2C[C@H]2C(=O)N(c4cccc(Cl)c4)C(=O)[C@@]2(c2ccccc2)[C@H]3c2ccc(O)cc2Cl)C(=O)N1c1cc(C(F)(F)F)cc(C(F)(F)F)c1. The Balaban J connectivity index is 1.33. The van der Waals surface area contributed by atoms with E-state index >= 15 is 4.79 Å². The molecule has 0 spiro atoms. The molecule has 8 rings (SSSR count). The molecule has 2 aliphatic carbocycles. The maximum atomic E-state index is 15.3. The fraction of sp³-hybridized carbons (Fsp3) is 0.250. The van der Waals surface area contributed by atoms with Gasteiger partial charge in [-0.2, -0.15) is 26.3 Å². The quantitative estimate of drug-likeness (QED) is 0.126. The Bertz CT molecular complexity index is 2320. The Morgan fingerprint density at radius 3 is 1.98 bits per heavy atom. The predicted molar refractivity (Wildman–Crippen MR) is 188 cm³/mol. The van der Waals surface area contributed by atoms with Gasteiger partial charge in [-0.1, -0.05) is 77.3 Å². The third kappa shape index (κ3) is 5.56. The minimum Gasteiger partial charge on any atom is -0.508 e. The summed E-state index contributed by atoms with van der Waals surface area (Å²) in [6.45, 7) is 0. The van der Waals surface area contributed by atoms with E-state index in [-0.39, 0.29) is 40.4 Å². The minimum atomic E-state index is -5.24. The van der Waals surface area contributed by atoms with Crippen LogP contribution in [-0.2, 0) is 36.9 Å². The van der Waals surface area contributed by atoms with E-state index in [1.807, 2.05) is 0 Å². The van der Waals surface area contributed by atoms with E-state index in [1.165, 1.54) is 30.3 Å². The van der Waals surface area contributed by atoms with E-state index in [1.54, 1.807) is 48.5 Å². The number of amides is 4. The van der Waals surface area contributed by atoms with Gasteiger partial charge in [0, 0.05) is 16.0 Å². The van der Waals surface area contributed by atoms with Crippen LogP contribution < -0.4 is 9.80 Å². The summed E-state index contributed by atoms with van der Waals surface area (Å²) in [6.07, 6.45) is -9.19. The van der Waals surface area contributed by atoms with Crippen molar-refractivity contribution < 1.29 is 50.6 Å². The zero-order valence-corrected chi connectivity index (χ0v) is 29.5. The molecule has 1 saturated carbocycles. The highest BCUT2D eigenvalue weighted by Gasteiger charge is 2.70. The summed E-state index contributed by atoms with van der Waals surface area (Å²) in [5.41, 5.74) is -4.67. The Morgan fingerprint density at radius 2 is 1.36 bits per heavy atom. The molecular formula is C40H26Cl2F6N2O5. The van der Waals surface area contributed by atoms with Gasteiger partial charge in [-0.15, -0.1) is 0 Å². The number of carbonyl (C=O) groups is 4. The number of phenols is 1. The van der Waals surface area contributed by atoms with Crippen LogP contribution in [0.3, 0.4) is 0 Å². The third-order valence-corrected chi connectivity index (χ3v) is 11.9. The van der Waals surface area contributed by atoms with Gasteiger partial charge in [0.2, 0.25) is 23.6 Å². The van der Waals surface area contributed by atoms with E-state index in [0.29, 0.717) is 33.7 Å². The van der Waals surface area contributed by atoms with Crippen molar-refractivity contribution in [1.82, 2.24) is 0 Å². The number of imide groups is 2. The number of phenolic OH excluding ortho intramolecular Hbond substituents is 1. The van der Waals surface area contributed by atoms with E-state index in [4.69, 9.17) is 23.2 Å². The van der Waals surface area contributed by atoms with Crippen molar-refractivity contribution in [2.75, 3.05) is 9.80 Å². The number of nitrogens with zero attached hydrogens (tertiary/aromatic N) is 2. The van der Waals surface area contributed by atoms with Crippen LogP contribution in [0.4, 0.5) is 37.7 Å². The summed E-state index contributed by atoms with van der Waals surface area (Å²) < 4.78 is 83.3. The summed E-state index contributed by atoms with van der Waals surface area (Å²) in [6, 6.07) is 19.2. The summed E-state index contributed by atoms with van der Waals surface area (Å²) in [5.74, 6) is -9.38. The molecule has 4 aliphatic rings. The second kappa shape index (κ2) is 12.7. The maximum absolute atomic E-state index is 15.3. The first-order valence-electron chi connectivity index (χ1n) is 17.0. The maximum Gasteiger partial charge on any atom is 0.416 e. The molecule has 3 fully saturated rings. The van der Waals surface area contributed by atoms with Gasteiger partial charge in [0.25, 0.3) is 0 Å². The summed E-state index contributed by atoms with van der Waals surface area (Å²) in [4.78, 5) is 59.9. The van der Waals surface area contributed by atoms with E-state index < -0.39 is 87.8 Å². The largest absolute Gasteiger partial charge is 0.508 e. The topological polar surface area (TPSA) is 95.0 Å². The van der Waals surface area contributed by atoms with Crippen LogP contribution in [0.1, 0.15) is 41.0 Å². The van der Waals surface area contributed by atoms with Gasteiger partial charge >= 0.3 is 12.4 Å². The second-order valence-electron chi connectivity index (χ2n) is 14.1. The molecule has 2 heterocycles. The number of carbonyl (C=O) groups excluding carboxylic acids is 4. The standard InChI is InChI=1S/C40H26Cl2F6N2O5/c41-22-7-4-8-23(16-22)50-35(53)30-18-29-26(33(27-10-9-25(51)17-31(27)42)38(30,37(50)55)19-5-2-1-3-6-19)11-12-28-32(29)36(54)49(34(28)52)24-14-20(39(43,44)45)13-21(15-24)40(46,47)48/h1-11,13-17,28-30,32-33,51H,12,18H2/t28-,29+,30-,32-,33+,38+/m0/s1. The van der Waals surface area contributed by atoms with Crippen molar-refractivity contribution >= 4 is 58.2 Å². The number of anilines is 2. The van der Waals surface area contributed by atoms with Gasteiger partial charge in [-0.05, 0) is 78.4 Å². The van der Waals surface area contributed by atoms with E-state index in [9.17, 15) is 45.8 Å². The highest BCUT2D eigenvalue weighted by molar-refractivity contribution is 6.33. The number of alkyl halides is 6. The third-order valence-electron chi connectivity index (χ3n) is 11.3. The summed E-state index contributed by atoms with van der Waals surface area (Å²) >= 11 is 13.1. The fourth-order valence-corrected chi connectivity index (χ4v) is 9.63. The second-order valence-corrected chi connectivity index (χ2v) is 14.9. The van der Waals surface area contributed by atoms with Crippen molar-refractivity contribution in [2.45, 2.75) is 36.5 Å². The monoisotopic (exact) mass is 798 g/mol. The van der Waals surface area contributed by atoms with Crippen LogP contribution >= 0.6 is 23.2 Å². The lowest BCUT2D eigenvalue weighted by atomic mass is 9.49. The Labute approximate surface area is 318 Å². The molecule has 7 nitrogen and oxygen atoms in total. The van der Waals surface area contributed by atoms with Gasteiger partial charge < -0.3 is 5.11 Å². The molecule has 4 aromatic carbocycles. The molecule has 15 heteroatoms. The Hall–Kier alpha value is -5.14. The molecule has 0 aromatic heterocycles. The average Bonchev–Trinajstić information content (AvgIpc) is 3.52. The summed E-state index contributed by atoms with van der Waals surface area (Å²) in [5, 5.41) is 10.6. The number of rotatable bonds is 4. The number of aromatic hydroxyl groups is 1. The van der Waals surface area contributed by atoms with E-state index in [0.717, 1.165) is 4.90 Å². The molecular weight excluding hydrogens is 773 g/mol. The van der Waals surface area contributed by atoms with Gasteiger partial charge in [-0.3, -0.25) is 19.2 Å². The average molecular weight is 800 g/mol. The van der Waals surface area contributed by atoms with Crippen molar-refractivity contribution in [2.24, 2.45) is 23.7 Å². The Morgan fingerprint density at radius 1 is 0.691 bits per heavy atom. The van der Waals surface area contributed by atoms with Crippen molar-refractivity contribution in [3.63, 3.8) is 0 Å². The predicted octanol–water partition coefficient (Wildman–Crippen LogP) is 9.10. The van der Waals surface area contributed by atoms with Crippen LogP contribution in [0.15, 0.2) is 103 Å². The molecule has 0 radical (unpaired) electrons. The number of allylic oxidation sites excluding steroid dienone is 2. The molecule has 0 bridgehead atoms. The van der Waals surface area contributed by atoms with Gasteiger partial charge in [-0.25, -0.2) is 9.80 Å². The molecule has 2 saturated heterocycles. The zero-order valence-electron chi connectivity index (χ0n) is 28.0. The summed E-state index contributed by atoms with van der Waals surface area (Å²) in [7, 11) is 0. The first-order chi connectivity index (χ1) is 25.9. The normalized spacial score (nSPS) is 26.5. The lowest BCUT2D eigenvalue weighted by Crippen LogP contribution is -2.53. The molecule has 6 atom stereocenters. The zero-order chi connectivity index (χ0) is 39.4. The molecule has 4 amide bonds. The van der Waals surface area contributed by atoms with Gasteiger partial charge in [0.15, 0.2) is 0 Å². The first kappa shape index (κ1) is 36.8. The molecule has 0 unspecified atom stereocenters. The van der Waals surface area contributed by atoms with Gasteiger partial charge in [0.1, 0.15) is 5.75 Å². The van der Waals surface area contributed by atoms with Crippen molar-refractivity contribution in [3.05, 3.63) is 135 Å². The van der Waals surface area contributed by atoms with E-state index in [2.05, 4.69) is 0 Å². The van der Waals surface area contributed by atoms with Crippen molar-refractivity contribution in [1.29, 1.82) is 0 Å². The van der Waals surface area contributed by atoms with Crippen LogP contribution in [0.2, 0.25) is 10.0 Å². The highest BCUT2D eigenvalue weighted by Crippen LogP contribution is 2.65.